The third-order valence-electron chi connectivity index (χ3n) is 5.82. The van der Waals surface area contributed by atoms with E-state index in [0.717, 1.165) is 16.8 Å². The van der Waals surface area contributed by atoms with Crippen molar-refractivity contribution in [3.8, 4) is 0 Å². The maximum absolute atomic E-state index is 14.0. The first-order valence-electron chi connectivity index (χ1n) is 9.58. The molecule has 1 aliphatic rings. The molecule has 0 fully saturated rings. The second kappa shape index (κ2) is 6.59. The van der Waals surface area contributed by atoms with Gasteiger partial charge in [0, 0.05) is 22.2 Å². The third-order valence-corrected chi connectivity index (χ3v) is 5.82. The van der Waals surface area contributed by atoms with Crippen LogP contribution in [0, 0.1) is 5.82 Å². The number of nitrogens with zero attached hydrogens (tertiary/aromatic N) is 1. The Morgan fingerprint density at radius 1 is 0.893 bits per heavy atom. The van der Waals surface area contributed by atoms with E-state index in [2.05, 4.69) is 26.8 Å². The van der Waals surface area contributed by atoms with E-state index in [1.165, 1.54) is 6.07 Å². The van der Waals surface area contributed by atoms with E-state index in [9.17, 15) is 9.18 Å². The van der Waals surface area contributed by atoms with Crippen LogP contribution in [0.3, 0.4) is 0 Å². The lowest BCUT2D eigenvalue weighted by molar-refractivity contribution is 0.0948. The maximum atomic E-state index is 14.0. The molecule has 3 aromatic carbocycles. The predicted octanol–water partition coefficient (Wildman–Crippen LogP) is 5.96. The average Bonchev–Trinajstić information content (AvgIpc) is 2.68. The lowest BCUT2D eigenvalue weighted by Gasteiger charge is -2.51. The van der Waals surface area contributed by atoms with Crippen molar-refractivity contribution in [1.82, 2.24) is 0 Å². The summed E-state index contributed by atoms with van der Waals surface area (Å²) in [5, 5.41) is 0. The molecular weight excluding hydrogens is 349 g/mol. The van der Waals surface area contributed by atoms with E-state index in [-0.39, 0.29) is 11.7 Å². The second-order valence-electron chi connectivity index (χ2n) is 8.36. The summed E-state index contributed by atoms with van der Waals surface area (Å²) in [6.07, 6.45) is 0.693. The molecule has 0 saturated carbocycles. The molecule has 4 rings (SSSR count). The van der Waals surface area contributed by atoms with Crippen molar-refractivity contribution in [3.05, 3.63) is 101 Å². The molecule has 0 spiro atoms. The van der Waals surface area contributed by atoms with Crippen LogP contribution in [0.25, 0.3) is 0 Å². The number of benzene rings is 3. The number of rotatable bonds is 2. The fourth-order valence-electron chi connectivity index (χ4n) is 4.68. The van der Waals surface area contributed by atoms with Gasteiger partial charge in [-0.3, -0.25) is 4.79 Å². The molecule has 1 heterocycles. The molecule has 1 aliphatic heterocycles. The molecule has 0 saturated heterocycles. The van der Waals surface area contributed by atoms with Gasteiger partial charge in [-0.1, -0.05) is 55.5 Å². The molecule has 0 bridgehead atoms. The SMILES string of the molecule is CC1(c2cccc(F)c2)CC(C)(C)N(C(=O)c2ccccc2)c2ccccc21. The highest BCUT2D eigenvalue weighted by molar-refractivity contribution is 6.08. The smallest absolute Gasteiger partial charge is 0.258 e. The standard InChI is InChI=1S/C25H24FNO/c1-24(2)17-25(3,19-12-9-13-20(26)16-19)21-14-7-8-15-22(21)27(24)23(28)18-10-5-4-6-11-18/h4-16H,17H2,1-3H3. The topological polar surface area (TPSA) is 20.3 Å². The highest BCUT2D eigenvalue weighted by Crippen LogP contribution is 2.50. The molecule has 1 atom stereocenters. The molecule has 2 nitrogen and oxygen atoms in total. The van der Waals surface area contributed by atoms with Crippen LogP contribution in [-0.2, 0) is 5.41 Å². The summed E-state index contributed by atoms with van der Waals surface area (Å²) in [7, 11) is 0. The number of carbonyl (C=O) groups is 1. The monoisotopic (exact) mass is 373 g/mol. The van der Waals surface area contributed by atoms with Gasteiger partial charge in [-0.2, -0.15) is 0 Å². The summed E-state index contributed by atoms with van der Waals surface area (Å²) in [6, 6.07) is 24.2. The van der Waals surface area contributed by atoms with Crippen LogP contribution in [-0.4, -0.2) is 11.4 Å². The molecule has 0 aromatic heterocycles. The summed E-state index contributed by atoms with van der Waals surface area (Å²) in [6.45, 7) is 6.31. The van der Waals surface area contributed by atoms with Crippen LogP contribution in [0.5, 0.6) is 0 Å². The number of halogens is 1. The van der Waals surface area contributed by atoms with Crippen molar-refractivity contribution in [3.63, 3.8) is 0 Å². The van der Waals surface area contributed by atoms with Gasteiger partial charge in [-0.25, -0.2) is 4.39 Å². The molecule has 1 amide bonds. The van der Waals surface area contributed by atoms with Crippen LogP contribution in [0.15, 0.2) is 78.9 Å². The van der Waals surface area contributed by atoms with Gasteiger partial charge in [-0.05, 0) is 61.7 Å². The number of carbonyl (C=O) groups excluding carboxylic acids is 1. The summed E-state index contributed by atoms with van der Waals surface area (Å²) in [4.78, 5) is 15.3. The van der Waals surface area contributed by atoms with E-state index >= 15 is 0 Å². The summed E-state index contributed by atoms with van der Waals surface area (Å²) >= 11 is 0. The number of para-hydroxylation sites is 1. The van der Waals surface area contributed by atoms with Crippen molar-refractivity contribution in [2.75, 3.05) is 4.90 Å². The molecule has 3 aromatic rings. The molecule has 28 heavy (non-hydrogen) atoms. The van der Waals surface area contributed by atoms with Crippen LogP contribution in [0.2, 0.25) is 0 Å². The zero-order chi connectivity index (χ0) is 19.9. The first kappa shape index (κ1) is 18.4. The van der Waals surface area contributed by atoms with Gasteiger partial charge in [0.1, 0.15) is 5.82 Å². The maximum Gasteiger partial charge on any atom is 0.258 e. The fourth-order valence-corrected chi connectivity index (χ4v) is 4.68. The molecular formula is C25H24FNO. The molecule has 1 unspecified atom stereocenters. The Kier molecular flexibility index (Phi) is 4.34. The van der Waals surface area contributed by atoms with Gasteiger partial charge in [0.05, 0.1) is 0 Å². The second-order valence-corrected chi connectivity index (χ2v) is 8.36. The largest absolute Gasteiger partial charge is 0.302 e. The zero-order valence-corrected chi connectivity index (χ0v) is 16.4. The van der Waals surface area contributed by atoms with Crippen molar-refractivity contribution in [1.29, 1.82) is 0 Å². The third kappa shape index (κ3) is 2.91. The predicted molar refractivity (Wildman–Crippen MR) is 111 cm³/mol. The van der Waals surface area contributed by atoms with E-state index in [1.807, 2.05) is 59.5 Å². The minimum absolute atomic E-state index is 0.0145. The summed E-state index contributed by atoms with van der Waals surface area (Å²) < 4.78 is 14.0. The Balaban J connectivity index is 1.90. The van der Waals surface area contributed by atoms with Crippen molar-refractivity contribution >= 4 is 11.6 Å². The number of amides is 1. The lowest BCUT2D eigenvalue weighted by Crippen LogP contribution is -2.55. The number of anilines is 1. The Labute approximate surface area is 165 Å². The molecule has 0 N–H and O–H groups in total. The normalized spacial score (nSPS) is 20.5. The summed E-state index contributed by atoms with van der Waals surface area (Å²) in [5.41, 5.74) is 2.70. The van der Waals surface area contributed by atoms with Gasteiger partial charge in [0.25, 0.3) is 5.91 Å². The van der Waals surface area contributed by atoms with E-state index < -0.39 is 11.0 Å². The molecule has 3 heteroatoms. The van der Waals surface area contributed by atoms with Crippen LogP contribution in [0.4, 0.5) is 10.1 Å². The van der Waals surface area contributed by atoms with E-state index in [1.54, 1.807) is 12.1 Å². The minimum atomic E-state index is -0.442. The highest BCUT2D eigenvalue weighted by Gasteiger charge is 2.47. The van der Waals surface area contributed by atoms with Gasteiger partial charge >= 0.3 is 0 Å². The Bertz CT molecular complexity index is 1030. The molecule has 0 radical (unpaired) electrons. The van der Waals surface area contributed by atoms with Crippen LogP contribution < -0.4 is 4.90 Å². The Hall–Kier alpha value is -2.94. The Morgan fingerprint density at radius 2 is 1.57 bits per heavy atom. The fraction of sp³-hybridized carbons (Fsp3) is 0.240. The van der Waals surface area contributed by atoms with Crippen molar-refractivity contribution in [2.45, 2.75) is 38.1 Å². The first-order valence-corrected chi connectivity index (χ1v) is 9.58. The van der Waals surface area contributed by atoms with Gasteiger partial charge in [0.15, 0.2) is 0 Å². The van der Waals surface area contributed by atoms with Gasteiger partial charge in [-0.15, -0.1) is 0 Å². The quantitative estimate of drug-likeness (QED) is 0.543. The zero-order valence-electron chi connectivity index (χ0n) is 16.4. The average molecular weight is 373 g/mol. The van der Waals surface area contributed by atoms with Crippen LogP contribution >= 0.6 is 0 Å². The van der Waals surface area contributed by atoms with E-state index in [4.69, 9.17) is 0 Å². The van der Waals surface area contributed by atoms with E-state index in [0.29, 0.717) is 12.0 Å². The molecule has 142 valence electrons. The van der Waals surface area contributed by atoms with Crippen LogP contribution in [0.1, 0.15) is 48.7 Å². The minimum Gasteiger partial charge on any atom is -0.302 e. The van der Waals surface area contributed by atoms with Crippen molar-refractivity contribution in [2.24, 2.45) is 0 Å². The highest BCUT2D eigenvalue weighted by atomic mass is 19.1. The number of fused-ring (bicyclic) bond motifs is 1. The molecule has 0 aliphatic carbocycles. The van der Waals surface area contributed by atoms with Gasteiger partial charge in [0.2, 0.25) is 0 Å². The van der Waals surface area contributed by atoms with Gasteiger partial charge < -0.3 is 4.90 Å². The number of hydrogen-bond donors (Lipinski definition) is 0. The number of hydrogen-bond acceptors (Lipinski definition) is 1. The van der Waals surface area contributed by atoms with Crippen molar-refractivity contribution < 1.29 is 9.18 Å². The summed E-state index contributed by atoms with van der Waals surface area (Å²) in [5.74, 6) is -0.254. The first-order chi connectivity index (χ1) is 13.3. The lowest BCUT2D eigenvalue weighted by atomic mass is 9.65. The Morgan fingerprint density at radius 3 is 2.29 bits per heavy atom.